The minimum absolute atomic E-state index is 0.0336. The molecular weight excluding hydrogens is 346 g/mol. The highest BCUT2D eigenvalue weighted by Crippen LogP contribution is 2.26. The van der Waals surface area contributed by atoms with Crippen molar-refractivity contribution in [2.24, 2.45) is 0 Å². The van der Waals surface area contributed by atoms with Crippen LogP contribution < -0.4 is 10.4 Å². The molecule has 1 heterocycles. The van der Waals surface area contributed by atoms with Crippen molar-refractivity contribution in [2.45, 2.75) is 0 Å². The summed E-state index contributed by atoms with van der Waals surface area (Å²) in [5.74, 6) is -1.51. The van der Waals surface area contributed by atoms with Crippen LogP contribution in [0.4, 0.5) is 4.39 Å². The molecule has 23 heavy (non-hydrogen) atoms. The molecule has 3 rings (SSSR count). The highest BCUT2D eigenvalue weighted by atomic mass is 35.5. The molecule has 0 bridgehead atoms. The van der Waals surface area contributed by atoms with Gasteiger partial charge >= 0.3 is 11.6 Å². The molecule has 0 fully saturated rings. The quantitative estimate of drug-likeness (QED) is 0.295. The molecule has 0 radical (unpaired) electrons. The Kier molecular flexibility index (Phi) is 4.07. The Labute approximate surface area is 139 Å². The van der Waals surface area contributed by atoms with Crippen LogP contribution in [0.5, 0.6) is 5.75 Å². The predicted octanol–water partition coefficient (Wildman–Crippen LogP) is 4.46. The fourth-order valence-corrected chi connectivity index (χ4v) is 2.41. The Morgan fingerprint density at radius 2 is 1.78 bits per heavy atom. The molecule has 0 aliphatic rings. The molecule has 1 aromatic heterocycles. The van der Waals surface area contributed by atoms with E-state index in [0.717, 1.165) is 12.1 Å². The maximum absolute atomic E-state index is 13.5. The zero-order valence-electron chi connectivity index (χ0n) is 11.3. The lowest BCUT2D eigenvalue weighted by Gasteiger charge is -2.07. The zero-order chi connectivity index (χ0) is 16.6. The highest BCUT2D eigenvalue weighted by molar-refractivity contribution is 6.36. The molecule has 0 aliphatic carbocycles. The molecule has 0 amide bonds. The fraction of sp³-hybridized carbons (Fsp3) is 0. The molecule has 0 N–H and O–H groups in total. The maximum Gasteiger partial charge on any atom is 0.345 e. The van der Waals surface area contributed by atoms with Crippen LogP contribution >= 0.6 is 23.2 Å². The number of carbonyl (C=O) groups is 1. The number of hydrogen-bond donors (Lipinski definition) is 0. The van der Waals surface area contributed by atoms with E-state index in [1.165, 1.54) is 18.2 Å². The van der Waals surface area contributed by atoms with Crippen LogP contribution in [-0.2, 0) is 0 Å². The Balaban J connectivity index is 1.94. The third-order valence-corrected chi connectivity index (χ3v) is 3.64. The largest absolute Gasteiger partial charge is 0.423 e. The topological polar surface area (TPSA) is 56.5 Å². The van der Waals surface area contributed by atoms with Crippen LogP contribution in [-0.4, -0.2) is 5.97 Å². The molecular formula is C16H7Cl2FO4. The fourth-order valence-electron chi connectivity index (χ4n) is 1.95. The molecule has 0 spiro atoms. The van der Waals surface area contributed by atoms with Crippen molar-refractivity contribution in [3.05, 3.63) is 74.3 Å². The van der Waals surface area contributed by atoms with Gasteiger partial charge in [0.05, 0.1) is 15.6 Å². The van der Waals surface area contributed by atoms with Crippen LogP contribution in [0.15, 0.2) is 51.7 Å². The molecule has 0 saturated heterocycles. The van der Waals surface area contributed by atoms with Crippen molar-refractivity contribution in [3.8, 4) is 5.75 Å². The average molecular weight is 353 g/mol. The van der Waals surface area contributed by atoms with Gasteiger partial charge in [0.25, 0.3) is 0 Å². The summed E-state index contributed by atoms with van der Waals surface area (Å²) in [6.45, 7) is 0. The van der Waals surface area contributed by atoms with E-state index in [4.69, 9.17) is 32.4 Å². The first-order valence-electron chi connectivity index (χ1n) is 6.35. The van der Waals surface area contributed by atoms with Gasteiger partial charge in [-0.1, -0.05) is 23.2 Å². The number of ether oxygens (including phenoxy) is 1. The van der Waals surface area contributed by atoms with Crippen LogP contribution in [0, 0.1) is 5.82 Å². The van der Waals surface area contributed by atoms with Gasteiger partial charge in [0.15, 0.2) is 0 Å². The van der Waals surface area contributed by atoms with E-state index in [9.17, 15) is 14.0 Å². The molecule has 0 saturated carbocycles. The van der Waals surface area contributed by atoms with Crippen molar-refractivity contribution < 1.29 is 18.3 Å². The van der Waals surface area contributed by atoms with Gasteiger partial charge in [0.1, 0.15) is 17.1 Å². The predicted molar refractivity (Wildman–Crippen MR) is 83.9 cm³/mol. The lowest BCUT2D eigenvalue weighted by molar-refractivity contribution is 0.0734. The van der Waals surface area contributed by atoms with E-state index in [-0.39, 0.29) is 26.9 Å². The number of hydrogen-bond acceptors (Lipinski definition) is 4. The maximum atomic E-state index is 13.5. The SMILES string of the molecule is O=C(Oc1ccc2ccc(=O)oc2c1)c1cc(F)c(Cl)cc1Cl. The normalized spacial score (nSPS) is 10.7. The van der Waals surface area contributed by atoms with Crippen molar-refractivity contribution in [1.29, 1.82) is 0 Å². The number of fused-ring (bicyclic) bond motifs is 1. The molecule has 0 aliphatic heterocycles. The van der Waals surface area contributed by atoms with Gasteiger partial charge in [-0.05, 0) is 30.3 Å². The lowest BCUT2D eigenvalue weighted by atomic mass is 10.2. The van der Waals surface area contributed by atoms with Crippen LogP contribution in [0.3, 0.4) is 0 Å². The number of halogens is 3. The Morgan fingerprint density at radius 3 is 2.57 bits per heavy atom. The third kappa shape index (κ3) is 3.21. The minimum Gasteiger partial charge on any atom is -0.423 e. The number of carbonyl (C=O) groups excluding carboxylic acids is 1. The van der Waals surface area contributed by atoms with E-state index >= 15 is 0 Å². The summed E-state index contributed by atoms with van der Waals surface area (Å²) in [5, 5.41) is 0.438. The first kappa shape index (κ1) is 15.5. The van der Waals surface area contributed by atoms with Crippen molar-refractivity contribution >= 4 is 40.1 Å². The number of rotatable bonds is 2. The minimum atomic E-state index is -0.858. The van der Waals surface area contributed by atoms with Crippen molar-refractivity contribution in [2.75, 3.05) is 0 Å². The Hall–Kier alpha value is -2.37. The second-order valence-electron chi connectivity index (χ2n) is 4.59. The second-order valence-corrected chi connectivity index (χ2v) is 5.40. The number of benzene rings is 2. The second kappa shape index (κ2) is 6.02. The van der Waals surface area contributed by atoms with Crippen LogP contribution in [0.2, 0.25) is 10.0 Å². The molecule has 3 aromatic rings. The summed E-state index contributed by atoms with van der Waals surface area (Å²) in [6.07, 6.45) is 0. The molecule has 0 unspecified atom stereocenters. The van der Waals surface area contributed by atoms with Gasteiger partial charge in [-0.15, -0.1) is 0 Å². The van der Waals surface area contributed by atoms with Gasteiger partial charge in [0.2, 0.25) is 0 Å². The summed E-state index contributed by atoms with van der Waals surface area (Å²) < 4.78 is 23.6. The molecule has 116 valence electrons. The van der Waals surface area contributed by atoms with Crippen LogP contribution in [0.25, 0.3) is 11.0 Å². The monoisotopic (exact) mass is 352 g/mol. The number of esters is 1. The standard InChI is InChI=1S/C16H7Cl2FO4/c17-11-7-12(18)13(19)6-10(11)16(21)22-9-3-1-8-2-4-15(20)23-14(8)5-9/h1-7H. The van der Waals surface area contributed by atoms with Gasteiger partial charge in [-0.25, -0.2) is 14.0 Å². The van der Waals surface area contributed by atoms with E-state index in [1.807, 2.05) is 0 Å². The van der Waals surface area contributed by atoms with E-state index in [1.54, 1.807) is 12.1 Å². The zero-order valence-corrected chi connectivity index (χ0v) is 12.8. The molecule has 0 atom stereocenters. The summed E-state index contributed by atoms with van der Waals surface area (Å²) in [4.78, 5) is 23.3. The summed E-state index contributed by atoms with van der Waals surface area (Å²) in [7, 11) is 0. The van der Waals surface area contributed by atoms with E-state index < -0.39 is 17.4 Å². The third-order valence-electron chi connectivity index (χ3n) is 3.03. The smallest absolute Gasteiger partial charge is 0.345 e. The Bertz CT molecular complexity index is 981. The molecule has 4 nitrogen and oxygen atoms in total. The van der Waals surface area contributed by atoms with E-state index in [0.29, 0.717) is 5.39 Å². The first-order valence-corrected chi connectivity index (χ1v) is 7.10. The van der Waals surface area contributed by atoms with Crippen molar-refractivity contribution in [3.63, 3.8) is 0 Å². The van der Waals surface area contributed by atoms with Gasteiger partial charge in [0, 0.05) is 17.5 Å². The summed E-state index contributed by atoms with van der Waals surface area (Å²) in [5.41, 5.74) is -0.428. The van der Waals surface area contributed by atoms with Crippen LogP contribution in [0.1, 0.15) is 10.4 Å². The van der Waals surface area contributed by atoms with Gasteiger partial charge < -0.3 is 9.15 Å². The lowest BCUT2D eigenvalue weighted by Crippen LogP contribution is -2.10. The summed E-state index contributed by atoms with van der Waals surface area (Å²) >= 11 is 11.4. The van der Waals surface area contributed by atoms with Gasteiger partial charge in [-0.2, -0.15) is 0 Å². The average Bonchev–Trinajstić information content (AvgIpc) is 2.50. The summed E-state index contributed by atoms with van der Waals surface area (Å²) in [6, 6.07) is 9.39. The highest BCUT2D eigenvalue weighted by Gasteiger charge is 2.16. The molecule has 7 heteroatoms. The van der Waals surface area contributed by atoms with E-state index in [2.05, 4.69) is 0 Å². The first-order chi connectivity index (χ1) is 10.9. The Morgan fingerprint density at radius 1 is 1.04 bits per heavy atom. The van der Waals surface area contributed by atoms with Gasteiger partial charge in [-0.3, -0.25) is 0 Å². The molecule has 2 aromatic carbocycles. The van der Waals surface area contributed by atoms with Crippen molar-refractivity contribution in [1.82, 2.24) is 0 Å².